The largest absolute Gasteiger partial charge is 0.494 e. The number of hydrogen-bond acceptors (Lipinski definition) is 5. The minimum atomic E-state index is -0.319. The Bertz CT molecular complexity index is 867. The van der Waals surface area contributed by atoms with E-state index in [0.717, 1.165) is 12.2 Å². The Morgan fingerprint density at radius 2 is 1.55 bits per heavy atom. The molecule has 0 atom stereocenters. The van der Waals surface area contributed by atoms with Gasteiger partial charge in [0.2, 0.25) is 0 Å². The van der Waals surface area contributed by atoms with Crippen LogP contribution in [0.5, 0.6) is 5.75 Å². The van der Waals surface area contributed by atoms with Crippen LogP contribution in [0, 0.1) is 5.92 Å². The van der Waals surface area contributed by atoms with Gasteiger partial charge >= 0.3 is 0 Å². The minimum Gasteiger partial charge on any atom is -0.494 e. The zero-order valence-electron chi connectivity index (χ0n) is 18.1. The number of carbonyl (C=O) groups excluding carboxylic acids is 2. The zero-order valence-corrected chi connectivity index (χ0v) is 18.9. The molecular formula is C23H29N3O4S. The van der Waals surface area contributed by atoms with Crippen LogP contribution in [0.4, 0.5) is 5.69 Å². The van der Waals surface area contributed by atoms with Crippen LogP contribution in [0.2, 0.25) is 0 Å². The van der Waals surface area contributed by atoms with Gasteiger partial charge in [-0.3, -0.25) is 14.9 Å². The van der Waals surface area contributed by atoms with E-state index in [4.69, 9.17) is 21.7 Å². The molecule has 166 valence electrons. The molecule has 2 amide bonds. The summed E-state index contributed by atoms with van der Waals surface area (Å²) in [5, 5.41) is 8.49. The van der Waals surface area contributed by atoms with Gasteiger partial charge in [0.05, 0.1) is 13.2 Å². The van der Waals surface area contributed by atoms with Crippen LogP contribution in [0.1, 0.15) is 41.0 Å². The van der Waals surface area contributed by atoms with Crippen LogP contribution < -0.4 is 20.7 Å². The maximum atomic E-state index is 12.4. The fraction of sp³-hybridized carbons (Fsp3) is 0.348. The molecule has 0 radical (unpaired) electrons. The van der Waals surface area contributed by atoms with Gasteiger partial charge in [-0.2, -0.15) is 0 Å². The van der Waals surface area contributed by atoms with E-state index in [1.807, 2.05) is 0 Å². The van der Waals surface area contributed by atoms with E-state index in [1.54, 1.807) is 55.6 Å². The highest BCUT2D eigenvalue weighted by atomic mass is 32.1. The summed E-state index contributed by atoms with van der Waals surface area (Å²) in [5.41, 5.74) is 1.66. The smallest absolute Gasteiger partial charge is 0.257 e. The molecule has 3 N–H and O–H groups in total. The molecule has 0 saturated carbocycles. The molecule has 2 aromatic rings. The third kappa shape index (κ3) is 8.74. The van der Waals surface area contributed by atoms with Crippen LogP contribution in [0.25, 0.3) is 0 Å². The van der Waals surface area contributed by atoms with Crippen molar-refractivity contribution in [3.05, 3.63) is 59.7 Å². The first-order valence-electron chi connectivity index (χ1n) is 10.1. The predicted molar refractivity (Wildman–Crippen MR) is 126 cm³/mol. The summed E-state index contributed by atoms with van der Waals surface area (Å²) in [5.74, 6) is 0.800. The third-order valence-corrected chi connectivity index (χ3v) is 4.51. The summed E-state index contributed by atoms with van der Waals surface area (Å²) in [4.78, 5) is 24.4. The number of carbonyl (C=O) groups is 2. The average Bonchev–Trinajstić information content (AvgIpc) is 2.74. The lowest BCUT2D eigenvalue weighted by Crippen LogP contribution is -2.34. The molecule has 0 spiro atoms. The Kier molecular flexibility index (Phi) is 9.93. The number of rotatable bonds is 10. The first-order chi connectivity index (χ1) is 14.9. The first kappa shape index (κ1) is 24.3. The molecule has 8 heteroatoms. The Hall–Kier alpha value is -2.97. The molecule has 2 rings (SSSR count). The number of nitrogens with one attached hydrogen (secondary N) is 3. The Balaban J connectivity index is 1.82. The molecule has 0 unspecified atom stereocenters. The second kappa shape index (κ2) is 12.7. The van der Waals surface area contributed by atoms with E-state index in [-0.39, 0.29) is 16.9 Å². The number of methoxy groups -OCH3 is 1. The lowest BCUT2D eigenvalue weighted by atomic mass is 10.1. The lowest BCUT2D eigenvalue weighted by Gasteiger charge is -2.11. The van der Waals surface area contributed by atoms with Crippen molar-refractivity contribution in [1.29, 1.82) is 0 Å². The van der Waals surface area contributed by atoms with Gasteiger partial charge in [0, 0.05) is 30.5 Å². The van der Waals surface area contributed by atoms with Crippen LogP contribution in [-0.2, 0) is 4.74 Å². The molecule has 7 nitrogen and oxygen atoms in total. The summed E-state index contributed by atoms with van der Waals surface area (Å²) in [6, 6.07) is 13.7. The second-order valence-electron chi connectivity index (χ2n) is 7.29. The molecule has 0 fully saturated rings. The van der Waals surface area contributed by atoms with Crippen molar-refractivity contribution in [3.63, 3.8) is 0 Å². The van der Waals surface area contributed by atoms with Crippen LogP contribution in [-0.4, -0.2) is 43.8 Å². The Morgan fingerprint density at radius 1 is 0.935 bits per heavy atom. The standard InChI is InChI=1S/C23H29N3O4S/c1-16(2)12-14-30-20-10-6-18(7-11-20)22(28)26-23(31)25-19-8-4-17(5-9-19)21(27)24-13-15-29-3/h4-11,16H,12-15H2,1-3H3,(H,24,27)(H2,25,26,28,31). The van der Waals surface area contributed by atoms with Gasteiger partial charge in [-0.15, -0.1) is 0 Å². The number of hydrogen-bond donors (Lipinski definition) is 3. The van der Waals surface area contributed by atoms with Gasteiger partial charge < -0.3 is 20.1 Å². The number of thiocarbonyl (C=S) groups is 1. The molecule has 0 heterocycles. The Labute approximate surface area is 188 Å². The zero-order chi connectivity index (χ0) is 22.6. The van der Waals surface area contributed by atoms with E-state index < -0.39 is 0 Å². The Morgan fingerprint density at radius 3 is 2.16 bits per heavy atom. The van der Waals surface area contributed by atoms with Crippen molar-refractivity contribution in [1.82, 2.24) is 10.6 Å². The van der Waals surface area contributed by atoms with E-state index in [9.17, 15) is 9.59 Å². The van der Waals surface area contributed by atoms with E-state index in [2.05, 4.69) is 29.8 Å². The number of amides is 2. The molecular weight excluding hydrogens is 414 g/mol. The molecule has 0 aromatic heterocycles. The molecule has 31 heavy (non-hydrogen) atoms. The summed E-state index contributed by atoms with van der Waals surface area (Å²) in [6.07, 6.45) is 0.974. The number of ether oxygens (including phenoxy) is 2. The predicted octanol–water partition coefficient (Wildman–Crippen LogP) is 3.61. The average molecular weight is 444 g/mol. The summed E-state index contributed by atoms with van der Waals surface area (Å²) >= 11 is 5.21. The number of anilines is 1. The topological polar surface area (TPSA) is 88.7 Å². The molecule has 0 aliphatic heterocycles. The fourth-order valence-corrected chi connectivity index (χ4v) is 2.74. The van der Waals surface area contributed by atoms with Gasteiger partial charge in [0.15, 0.2) is 5.11 Å². The van der Waals surface area contributed by atoms with Crippen molar-refractivity contribution in [2.24, 2.45) is 5.92 Å². The third-order valence-electron chi connectivity index (χ3n) is 4.30. The van der Waals surface area contributed by atoms with Gasteiger partial charge in [-0.25, -0.2) is 0 Å². The van der Waals surface area contributed by atoms with Crippen LogP contribution in [0.15, 0.2) is 48.5 Å². The maximum Gasteiger partial charge on any atom is 0.257 e. The fourth-order valence-electron chi connectivity index (χ4n) is 2.53. The normalized spacial score (nSPS) is 10.5. The highest BCUT2D eigenvalue weighted by Gasteiger charge is 2.09. The van der Waals surface area contributed by atoms with E-state index in [1.165, 1.54) is 0 Å². The van der Waals surface area contributed by atoms with Gasteiger partial charge in [-0.05, 0) is 73.1 Å². The van der Waals surface area contributed by atoms with Crippen molar-refractivity contribution >= 4 is 34.8 Å². The van der Waals surface area contributed by atoms with E-state index >= 15 is 0 Å². The number of benzene rings is 2. The van der Waals surface area contributed by atoms with Crippen molar-refractivity contribution in [3.8, 4) is 5.75 Å². The monoisotopic (exact) mass is 443 g/mol. The van der Waals surface area contributed by atoms with Crippen molar-refractivity contribution < 1.29 is 19.1 Å². The molecule has 0 aliphatic rings. The summed E-state index contributed by atoms with van der Waals surface area (Å²) in [6.45, 7) is 5.82. The second-order valence-corrected chi connectivity index (χ2v) is 7.70. The van der Waals surface area contributed by atoms with Crippen LogP contribution >= 0.6 is 12.2 Å². The molecule has 0 aliphatic carbocycles. The van der Waals surface area contributed by atoms with Crippen molar-refractivity contribution in [2.45, 2.75) is 20.3 Å². The summed E-state index contributed by atoms with van der Waals surface area (Å²) < 4.78 is 10.6. The first-order valence-corrected chi connectivity index (χ1v) is 10.5. The SMILES string of the molecule is COCCNC(=O)c1ccc(NC(=S)NC(=O)c2ccc(OCCC(C)C)cc2)cc1. The maximum absolute atomic E-state index is 12.4. The minimum absolute atomic E-state index is 0.166. The highest BCUT2D eigenvalue weighted by Crippen LogP contribution is 2.14. The lowest BCUT2D eigenvalue weighted by molar-refractivity contribution is 0.0935. The van der Waals surface area contributed by atoms with E-state index in [0.29, 0.717) is 42.5 Å². The quantitative estimate of drug-likeness (QED) is 0.384. The van der Waals surface area contributed by atoms with Crippen LogP contribution in [0.3, 0.4) is 0 Å². The molecule has 2 aromatic carbocycles. The van der Waals surface area contributed by atoms with Crippen molar-refractivity contribution in [2.75, 3.05) is 32.2 Å². The van der Waals surface area contributed by atoms with Gasteiger partial charge in [-0.1, -0.05) is 13.8 Å². The molecule has 0 saturated heterocycles. The summed E-state index contributed by atoms with van der Waals surface area (Å²) in [7, 11) is 1.58. The van der Waals surface area contributed by atoms with Gasteiger partial charge in [0.1, 0.15) is 5.75 Å². The highest BCUT2D eigenvalue weighted by molar-refractivity contribution is 7.80. The van der Waals surface area contributed by atoms with Gasteiger partial charge in [0.25, 0.3) is 11.8 Å². The molecule has 0 bridgehead atoms.